The lowest BCUT2D eigenvalue weighted by atomic mass is 10.1. The van der Waals surface area contributed by atoms with E-state index >= 15 is 0 Å². The topological polar surface area (TPSA) is 68.8 Å². The largest absolute Gasteiger partial charge is 0.490 e. The van der Waals surface area contributed by atoms with Crippen LogP contribution in [0.25, 0.3) is 0 Å². The van der Waals surface area contributed by atoms with Crippen molar-refractivity contribution in [2.75, 3.05) is 25.3 Å². The number of benzene rings is 2. The second-order valence-corrected chi connectivity index (χ2v) is 6.10. The van der Waals surface area contributed by atoms with Crippen LogP contribution in [0.1, 0.15) is 30.5 Å². The van der Waals surface area contributed by atoms with E-state index in [0.29, 0.717) is 30.4 Å². The molecule has 2 rings (SSSR count). The SMILES string of the molecule is CCOc1ccc(NC(=O)NCOc2c(C)ccc(C)c2C)cc1OCC. The Balaban J connectivity index is 1.94. The third-order valence-corrected chi connectivity index (χ3v) is 4.12. The van der Waals surface area contributed by atoms with Crippen LogP contribution in [0.4, 0.5) is 10.5 Å². The van der Waals surface area contributed by atoms with Crippen molar-refractivity contribution in [2.45, 2.75) is 34.6 Å². The first-order chi connectivity index (χ1) is 13.0. The zero-order valence-electron chi connectivity index (χ0n) is 16.6. The van der Waals surface area contributed by atoms with E-state index in [1.165, 1.54) is 0 Å². The van der Waals surface area contributed by atoms with Crippen LogP contribution >= 0.6 is 0 Å². The normalized spacial score (nSPS) is 10.3. The van der Waals surface area contributed by atoms with Crippen LogP contribution in [0.15, 0.2) is 30.3 Å². The molecule has 27 heavy (non-hydrogen) atoms. The van der Waals surface area contributed by atoms with Crippen LogP contribution in [-0.4, -0.2) is 26.0 Å². The molecule has 0 saturated carbocycles. The third-order valence-electron chi connectivity index (χ3n) is 4.12. The summed E-state index contributed by atoms with van der Waals surface area (Å²) in [6.07, 6.45) is 0. The zero-order chi connectivity index (χ0) is 19.8. The second-order valence-electron chi connectivity index (χ2n) is 6.10. The van der Waals surface area contributed by atoms with Crippen molar-refractivity contribution in [1.29, 1.82) is 0 Å². The maximum atomic E-state index is 12.1. The molecule has 0 aliphatic rings. The van der Waals surface area contributed by atoms with E-state index in [0.717, 1.165) is 22.4 Å². The van der Waals surface area contributed by atoms with E-state index in [-0.39, 0.29) is 12.8 Å². The molecule has 0 atom stereocenters. The summed E-state index contributed by atoms with van der Waals surface area (Å²) in [6, 6.07) is 8.99. The van der Waals surface area contributed by atoms with Crippen molar-refractivity contribution in [3.63, 3.8) is 0 Å². The molecule has 0 spiro atoms. The molecule has 2 aromatic rings. The van der Waals surface area contributed by atoms with Crippen molar-refractivity contribution in [3.8, 4) is 17.2 Å². The molecular formula is C21H28N2O4. The van der Waals surface area contributed by atoms with Crippen LogP contribution in [0, 0.1) is 20.8 Å². The van der Waals surface area contributed by atoms with Crippen LogP contribution in [0.5, 0.6) is 17.2 Å². The Hall–Kier alpha value is -2.89. The number of rotatable bonds is 8. The van der Waals surface area contributed by atoms with Crippen molar-refractivity contribution >= 4 is 11.7 Å². The van der Waals surface area contributed by atoms with Crippen LogP contribution < -0.4 is 24.8 Å². The Morgan fingerprint density at radius 2 is 1.56 bits per heavy atom. The first kappa shape index (κ1) is 20.4. The Morgan fingerprint density at radius 1 is 0.889 bits per heavy atom. The number of hydrogen-bond acceptors (Lipinski definition) is 4. The highest BCUT2D eigenvalue weighted by Gasteiger charge is 2.10. The first-order valence-corrected chi connectivity index (χ1v) is 9.10. The van der Waals surface area contributed by atoms with Crippen LogP contribution in [0.3, 0.4) is 0 Å². The smallest absolute Gasteiger partial charge is 0.321 e. The Bertz CT molecular complexity index is 790. The van der Waals surface area contributed by atoms with Gasteiger partial charge in [-0.3, -0.25) is 0 Å². The summed E-state index contributed by atoms with van der Waals surface area (Å²) in [6.45, 7) is 11.0. The average molecular weight is 372 g/mol. The fourth-order valence-electron chi connectivity index (χ4n) is 2.63. The zero-order valence-corrected chi connectivity index (χ0v) is 16.6. The molecule has 0 heterocycles. The molecule has 2 amide bonds. The number of nitrogens with one attached hydrogen (secondary N) is 2. The number of carbonyl (C=O) groups is 1. The maximum absolute atomic E-state index is 12.1. The Morgan fingerprint density at radius 3 is 2.26 bits per heavy atom. The molecule has 2 aromatic carbocycles. The van der Waals surface area contributed by atoms with Gasteiger partial charge in [0.25, 0.3) is 0 Å². The highest BCUT2D eigenvalue weighted by atomic mass is 16.5. The van der Waals surface area contributed by atoms with Crippen LogP contribution in [-0.2, 0) is 0 Å². The standard InChI is InChI=1S/C21H28N2O4/c1-6-25-18-11-10-17(12-19(18)26-7-2)23-21(24)22-13-27-20-15(4)9-8-14(3)16(20)5/h8-12H,6-7,13H2,1-5H3,(H2,22,23,24). The van der Waals surface area contributed by atoms with Gasteiger partial charge in [-0.25, -0.2) is 4.79 Å². The molecule has 0 aliphatic carbocycles. The number of urea groups is 1. The number of amides is 2. The van der Waals surface area contributed by atoms with Gasteiger partial charge >= 0.3 is 6.03 Å². The van der Waals surface area contributed by atoms with E-state index < -0.39 is 0 Å². The molecule has 6 heteroatoms. The van der Waals surface area contributed by atoms with Gasteiger partial charge in [0.1, 0.15) is 5.75 Å². The van der Waals surface area contributed by atoms with Gasteiger partial charge in [-0.2, -0.15) is 0 Å². The number of anilines is 1. The highest BCUT2D eigenvalue weighted by molar-refractivity contribution is 5.89. The summed E-state index contributed by atoms with van der Waals surface area (Å²) >= 11 is 0. The minimum absolute atomic E-state index is 0.0757. The van der Waals surface area contributed by atoms with E-state index in [1.807, 2.05) is 40.7 Å². The molecule has 0 fully saturated rings. The average Bonchev–Trinajstić information content (AvgIpc) is 2.64. The van der Waals surface area contributed by atoms with E-state index in [9.17, 15) is 4.79 Å². The minimum Gasteiger partial charge on any atom is -0.490 e. The van der Waals surface area contributed by atoms with Crippen molar-refractivity contribution in [1.82, 2.24) is 5.32 Å². The molecule has 0 bridgehead atoms. The molecule has 2 N–H and O–H groups in total. The van der Waals surface area contributed by atoms with Gasteiger partial charge in [0, 0.05) is 11.8 Å². The van der Waals surface area contributed by atoms with Crippen LogP contribution in [0.2, 0.25) is 0 Å². The van der Waals surface area contributed by atoms with Crippen molar-refractivity contribution in [3.05, 3.63) is 47.0 Å². The number of ether oxygens (including phenoxy) is 3. The monoisotopic (exact) mass is 372 g/mol. The molecule has 0 saturated heterocycles. The summed E-state index contributed by atoms with van der Waals surface area (Å²) in [4.78, 5) is 12.1. The lowest BCUT2D eigenvalue weighted by Gasteiger charge is -2.15. The molecule has 0 radical (unpaired) electrons. The molecule has 146 valence electrons. The van der Waals surface area contributed by atoms with Gasteiger partial charge in [-0.15, -0.1) is 0 Å². The molecule has 0 unspecified atom stereocenters. The summed E-state index contributed by atoms with van der Waals surface area (Å²) < 4.78 is 16.8. The molecule has 0 aromatic heterocycles. The second kappa shape index (κ2) is 9.71. The minimum atomic E-state index is -0.357. The number of aryl methyl sites for hydroxylation is 2. The molecule has 0 aliphatic heterocycles. The van der Waals surface area contributed by atoms with Gasteiger partial charge in [0.05, 0.1) is 13.2 Å². The Kier molecular flexibility index (Phi) is 7.34. The van der Waals surface area contributed by atoms with Gasteiger partial charge in [0.15, 0.2) is 18.2 Å². The molecule has 6 nitrogen and oxygen atoms in total. The van der Waals surface area contributed by atoms with E-state index in [4.69, 9.17) is 14.2 Å². The fraction of sp³-hybridized carbons (Fsp3) is 0.381. The Labute approximate surface area is 160 Å². The number of carbonyl (C=O) groups excluding carboxylic acids is 1. The van der Waals surface area contributed by atoms with Crippen molar-refractivity contribution in [2.24, 2.45) is 0 Å². The maximum Gasteiger partial charge on any atom is 0.321 e. The molecular weight excluding hydrogens is 344 g/mol. The predicted molar refractivity (Wildman–Crippen MR) is 107 cm³/mol. The quantitative estimate of drug-likeness (QED) is 0.666. The summed E-state index contributed by atoms with van der Waals surface area (Å²) in [5, 5.41) is 5.47. The number of hydrogen-bond donors (Lipinski definition) is 2. The summed E-state index contributed by atoms with van der Waals surface area (Å²) in [5.74, 6) is 2.05. The lowest BCUT2D eigenvalue weighted by Crippen LogP contribution is -2.32. The summed E-state index contributed by atoms with van der Waals surface area (Å²) in [5.41, 5.74) is 3.87. The van der Waals surface area contributed by atoms with Gasteiger partial charge < -0.3 is 24.8 Å². The first-order valence-electron chi connectivity index (χ1n) is 9.10. The van der Waals surface area contributed by atoms with Crippen molar-refractivity contribution < 1.29 is 19.0 Å². The predicted octanol–water partition coefficient (Wildman–Crippen LogP) is 4.57. The summed E-state index contributed by atoms with van der Waals surface area (Å²) in [7, 11) is 0. The van der Waals surface area contributed by atoms with E-state index in [1.54, 1.807) is 18.2 Å². The highest BCUT2D eigenvalue weighted by Crippen LogP contribution is 2.30. The fourth-order valence-corrected chi connectivity index (χ4v) is 2.63. The lowest BCUT2D eigenvalue weighted by molar-refractivity contribution is 0.234. The van der Waals surface area contributed by atoms with Gasteiger partial charge in [0.2, 0.25) is 0 Å². The van der Waals surface area contributed by atoms with Gasteiger partial charge in [-0.1, -0.05) is 12.1 Å². The third kappa shape index (κ3) is 5.54. The van der Waals surface area contributed by atoms with E-state index in [2.05, 4.69) is 16.7 Å². The van der Waals surface area contributed by atoms with Gasteiger partial charge in [-0.05, 0) is 63.4 Å².